The van der Waals surface area contributed by atoms with Gasteiger partial charge >= 0.3 is 0 Å². The molecule has 0 fully saturated rings. The number of methoxy groups -OCH3 is 1. The van der Waals surface area contributed by atoms with Crippen LogP contribution in [0.15, 0.2) is 42.5 Å². The number of aromatic nitrogens is 2. The highest BCUT2D eigenvalue weighted by molar-refractivity contribution is 7.29. The standard InChI is InChI=1S/C25H25N3OS3/c1-14(2)10-16-12-22-23(30-16)13-21(31-22)19-9-8-18(24-25(19)27-32-26-24)17-7-6-15(28(3)4)11-20(17)29-5/h6-9,11-14H,10H2,1-5H3. The fraction of sp³-hybridized carbons (Fsp3) is 0.280. The second kappa shape index (κ2) is 8.46. The summed E-state index contributed by atoms with van der Waals surface area (Å²) in [5, 5.41) is 0. The van der Waals surface area contributed by atoms with E-state index >= 15 is 0 Å². The van der Waals surface area contributed by atoms with Crippen molar-refractivity contribution in [2.24, 2.45) is 5.92 Å². The molecule has 32 heavy (non-hydrogen) atoms. The van der Waals surface area contributed by atoms with Crippen LogP contribution in [0.3, 0.4) is 0 Å². The summed E-state index contributed by atoms with van der Waals surface area (Å²) in [6.45, 7) is 4.55. The first kappa shape index (κ1) is 21.4. The predicted octanol–water partition coefficient (Wildman–Crippen LogP) is 7.57. The molecule has 0 unspecified atom stereocenters. The fourth-order valence-electron chi connectivity index (χ4n) is 3.98. The minimum absolute atomic E-state index is 0.680. The minimum Gasteiger partial charge on any atom is -0.496 e. The van der Waals surface area contributed by atoms with Crippen molar-refractivity contribution in [2.45, 2.75) is 20.3 Å². The van der Waals surface area contributed by atoms with E-state index in [1.807, 2.05) is 36.8 Å². The van der Waals surface area contributed by atoms with Gasteiger partial charge in [0.2, 0.25) is 0 Å². The van der Waals surface area contributed by atoms with Crippen molar-refractivity contribution in [3.05, 3.63) is 47.3 Å². The summed E-state index contributed by atoms with van der Waals surface area (Å²) < 4.78 is 17.8. The van der Waals surface area contributed by atoms with E-state index < -0.39 is 0 Å². The van der Waals surface area contributed by atoms with Gasteiger partial charge in [-0.3, -0.25) is 0 Å². The lowest BCUT2D eigenvalue weighted by Crippen LogP contribution is -2.08. The van der Waals surface area contributed by atoms with E-state index in [2.05, 4.69) is 70.0 Å². The summed E-state index contributed by atoms with van der Waals surface area (Å²) in [6, 6.07) is 15.3. The van der Waals surface area contributed by atoms with Crippen LogP contribution in [-0.2, 0) is 6.42 Å². The smallest absolute Gasteiger partial charge is 0.128 e. The molecule has 0 spiro atoms. The van der Waals surface area contributed by atoms with E-state index in [4.69, 9.17) is 4.74 Å². The molecule has 4 nitrogen and oxygen atoms in total. The molecule has 0 aliphatic carbocycles. The Balaban J connectivity index is 1.59. The van der Waals surface area contributed by atoms with E-state index in [1.54, 1.807) is 7.11 Å². The summed E-state index contributed by atoms with van der Waals surface area (Å²) in [4.78, 5) is 4.79. The molecule has 0 atom stereocenters. The van der Waals surface area contributed by atoms with Gasteiger partial charge in [0.05, 0.1) is 18.8 Å². The van der Waals surface area contributed by atoms with E-state index in [9.17, 15) is 0 Å². The van der Waals surface area contributed by atoms with Crippen molar-refractivity contribution >= 4 is 60.5 Å². The van der Waals surface area contributed by atoms with Gasteiger partial charge in [0, 0.05) is 61.7 Å². The van der Waals surface area contributed by atoms with Crippen LogP contribution < -0.4 is 9.64 Å². The average Bonchev–Trinajstić information content (AvgIpc) is 3.47. The molecule has 3 aromatic heterocycles. The quantitative estimate of drug-likeness (QED) is 0.252. The van der Waals surface area contributed by atoms with Crippen molar-refractivity contribution in [1.29, 1.82) is 0 Å². The van der Waals surface area contributed by atoms with Gasteiger partial charge in [-0.2, -0.15) is 8.75 Å². The van der Waals surface area contributed by atoms with Gasteiger partial charge in [-0.1, -0.05) is 26.0 Å². The highest BCUT2D eigenvalue weighted by atomic mass is 32.1. The molecule has 0 saturated heterocycles. The van der Waals surface area contributed by atoms with Gasteiger partial charge in [0.15, 0.2) is 0 Å². The SMILES string of the molecule is COc1cc(N(C)C)ccc1-c1ccc(-c2cc3sc(CC(C)C)cc3s2)c2nsnc12. The largest absolute Gasteiger partial charge is 0.496 e. The number of hydrogen-bond acceptors (Lipinski definition) is 7. The second-order valence-corrected chi connectivity index (χ2v) is 11.3. The maximum absolute atomic E-state index is 5.73. The maximum Gasteiger partial charge on any atom is 0.128 e. The summed E-state index contributed by atoms with van der Waals surface area (Å²) >= 11 is 5.03. The Hall–Kier alpha value is -2.48. The number of benzene rings is 2. The van der Waals surface area contributed by atoms with E-state index in [0.29, 0.717) is 5.92 Å². The number of fused-ring (bicyclic) bond motifs is 2. The van der Waals surface area contributed by atoms with Crippen LogP contribution in [0, 0.1) is 5.92 Å². The summed E-state index contributed by atoms with van der Waals surface area (Å²) in [6.07, 6.45) is 1.14. The van der Waals surface area contributed by atoms with Crippen LogP contribution in [0.25, 0.3) is 42.0 Å². The molecule has 164 valence electrons. The normalized spacial score (nSPS) is 11.7. The van der Waals surface area contributed by atoms with Crippen molar-refractivity contribution in [3.8, 4) is 27.3 Å². The molecule has 5 rings (SSSR count). The Bertz CT molecular complexity index is 1380. The number of anilines is 1. The molecule has 0 bridgehead atoms. The highest BCUT2D eigenvalue weighted by Gasteiger charge is 2.18. The van der Waals surface area contributed by atoms with Crippen LogP contribution in [-0.4, -0.2) is 30.0 Å². The van der Waals surface area contributed by atoms with Crippen LogP contribution >= 0.6 is 34.4 Å². The van der Waals surface area contributed by atoms with Crippen molar-refractivity contribution < 1.29 is 4.74 Å². The first-order valence-corrected chi connectivity index (χ1v) is 12.9. The van der Waals surface area contributed by atoms with Crippen LogP contribution in [0.5, 0.6) is 5.75 Å². The molecule has 0 N–H and O–H groups in total. The first-order chi connectivity index (χ1) is 15.4. The molecule has 0 amide bonds. The summed E-state index contributed by atoms with van der Waals surface area (Å²) in [5.41, 5.74) is 6.24. The zero-order chi connectivity index (χ0) is 22.4. The van der Waals surface area contributed by atoms with Gasteiger partial charge in [-0.25, -0.2) is 0 Å². The molecule has 5 aromatic rings. The van der Waals surface area contributed by atoms with E-state index in [1.165, 1.54) is 30.9 Å². The Morgan fingerprint density at radius 1 is 0.875 bits per heavy atom. The molecule has 0 saturated carbocycles. The number of hydrogen-bond donors (Lipinski definition) is 0. The lowest BCUT2D eigenvalue weighted by Gasteiger charge is -2.16. The van der Waals surface area contributed by atoms with Crippen molar-refractivity contribution in [2.75, 3.05) is 26.1 Å². The van der Waals surface area contributed by atoms with Gasteiger partial charge in [0.25, 0.3) is 0 Å². The molecule has 0 aliphatic rings. The minimum atomic E-state index is 0.680. The Labute approximate surface area is 200 Å². The van der Waals surface area contributed by atoms with Crippen LogP contribution in [0.1, 0.15) is 18.7 Å². The Morgan fingerprint density at radius 3 is 2.25 bits per heavy atom. The lowest BCUT2D eigenvalue weighted by atomic mass is 9.99. The maximum atomic E-state index is 5.73. The fourth-order valence-corrected chi connectivity index (χ4v) is 7.22. The van der Waals surface area contributed by atoms with Crippen molar-refractivity contribution in [1.82, 2.24) is 8.75 Å². The first-order valence-electron chi connectivity index (χ1n) is 10.6. The van der Waals surface area contributed by atoms with Gasteiger partial charge in [0.1, 0.15) is 16.8 Å². The van der Waals surface area contributed by atoms with E-state index in [-0.39, 0.29) is 0 Å². The van der Waals surface area contributed by atoms with Crippen molar-refractivity contribution in [3.63, 3.8) is 0 Å². The molecule has 0 radical (unpaired) electrons. The van der Waals surface area contributed by atoms with Crippen LogP contribution in [0.2, 0.25) is 0 Å². The number of ether oxygens (including phenoxy) is 1. The predicted molar refractivity (Wildman–Crippen MR) is 141 cm³/mol. The van der Waals surface area contributed by atoms with E-state index in [0.717, 1.165) is 45.6 Å². The molecule has 0 aliphatic heterocycles. The Morgan fingerprint density at radius 2 is 1.56 bits per heavy atom. The second-order valence-electron chi connectivity index (χ2n) is 8.55. The number of thiophene rings is 2. The third-order valence-corrected chi connectivity index (χ3v) is 8.42. The molecule has 3 heterocycles. The highest BCUT2D eigenvalue weighted by Crippen LogP contribution is 2.43. The molecule has 2 aromatic carbocycles. The third-order valence-electron chi connectivity index (χ3n) is 5.54. The topological polar surface area (TPSA) is 38.2 Å². The lowest BCUT2D eigenvalue weighted by molar-refractivity contribution is 0.416. The van der Waals surface area contributed by atoms with Gasteiger partial charge in [-0.15, -0.1) is 22.7 Å². The summed E-state index contributed by atoms with van der Waals surface area (Å²) in [5.74, 6) is 1.52. The molecular formula is C25H25N3OS3. The van der Waals surface area contributed by atoms with Gasteiger partial charge < -0.3 is 9.64 Å². The zero-order valence-corrected chi connectivity index (χ0v) is 21.3. The van der Waals surface area contributed by atoms with Crippen LogP contribution in [0.4, 0.5) is 5.69 Å². The Kier molecular flexibility index (Phi) is 5.65. The monoisotopic (exact) mass is 479 g/mol. The zero-order valence-electron chi connectivity index (χ0n) is 18.8. The summed E-state index contributed by atoms with van der Waals surface area (Å²) in [7, 11) is 5.78. The molecule has 7 heteroatoms. The van der Waals surface area contributed by atoms with Gasteiger partial charge in [-0.05, 0) is 36.6 Å². The number of rotatable bonds is 6. The molecular weight excluding hydrogens is 454 g/mol. The third kappa shape index (κ3) is 3.78. The number of nitrogens with zero attached hydrogens (tertiary/aromatic N) is 3. The average molecular weight is 480 g/mol.